The molecule has 2 aromatic carbocycles. The number of nitrogens with zero attached hydrogens (tertiary/aromatic N) is 2. The maximum absolute atomic E-state index is 13.1. The van der Waals surface area contributed by atoms with Crippen LogP contribution < -0.4 is 14.5 Å². The van der Waals surface area contributed by atoms with Gasteiger partial charge in [-0.1, -0.05) is 29.8 Å². The van der Waals surface area contributed by atoms with Gasteiger partial charge in [0, 0.05) is 25.3 Å². The van der Waals surface area contributed by atoms with Crippen molar-refractivity contribution in [3.05, 3.63) is 58.6 Å². The molecule has 2 aromatic rings. The van der Waals surface area contributed by atoms with Crippen LogP contribution >= 0.6 is 11.6 Å². The van der Waals surface area contributed by atoms with Crippen LogP contribution in [0.3, 0.4) is 0 Å². The van der Waals surface area contributed by atoms with Gasteiger partial charge in [0.05, 0.1) is 22.5 Å². The second-order valence-electron chi connectivity index (χ2n) is 7.50. The van der Waals surface area contributed by atoms with E-state index < -0.39 is 39.9 Å². The van der Waals surface area contributed by atoms with Gasteiger partial charge in [0.1, 0.15) is 6.54 Å². The Labute approximate surface area is 190 Å². The zero-order chi connectivity index (χ0) is 23.5. The zero-order valence-electron chi connectivity index (χ0n) is 17.3. The lowest BCUT2D eigenvalue weighted by atomic mass is 10.2. The van der Waals surface area contributed by atoms with E-state index in [1.807, 2.05) is 18.2 Å². The molecule has 0 aromatic heterocycles. The van der Waals surface area contributed by atoms with Gasteiger partial charge in [-0.2, -0.15) is 13.2 Å². The molecule has 11 heteroatoms. The number of para-hydroxylation sites is 1. The summed E-state index contributed by atoms with van der Waals surface area (Å²) in [5.74, 6) is -0.634. The van der Waals surface area contributed by atoms with Crippen molar-refractivity contribution in [1.29, 1.82) is 0 Å². The highest BCUT2D eigenvalue weighted by Crippen LogP contribution is 2.36. The Morgan fingerprint density at radius 1 is 1.22 bits per heavy atom. The van der Waals surface area contributed by atoms with Crippen molar-refractivity contribution in [3.8, 4) is 0 Å². The number of amides is 1. The molecular formula is C21H23ClF3N3O3S. The van der Waals surface area contributed by atoms with Crippen LogP contribution in [0, 0.1) is 0 Å². The van der Waals surface area contributed by atoms with Gasteiger partial charge < -0.3 is 10.2 Å². The second kappa shape index (κ2) is 9.58. The summed E-state index contributed by atoms with van der Waals surface area (Å²) >= 11 is 5.96. The number of carbonyl (C=O) groups is 1. The highest BCUT2D eigenvalue weighted by molar-refractivity contribution is 7.92. The van der Waals surface area contributed by atoms with Crippen molar-refractivity contribution in [3.63, 3.8) is 0 Å². The summed E-state index contributed by atoms with van der Waals surface area (Å²) in [6.07, 6.45) is -2.28. The average Bonchev–Trinajstić information content (AvgIpc) is 3.11. The van der Waals surface area contributed by atoms with Crippen LogP contribution in [-0.2, 0) is 27.4 Å². The lowest BCUT2D eigenvalue weighted by Gasteiger charge is -2.24. The highest BCUT2D eigenvalue weighted by Gasteiger charge is 2.33. The van der Waals surface area contributed by atoms with E-state index in [1.165, 1.54) is 11.3 Å². The average molecular weight is 490 g/mol. The largest absolute Gasteiger partial charge is 0.416 e. The Hall–Kier alpha value is -2.46. The number of fused-ring (bicyclic) bond motifs is 1. The first-order valence-corrected chi connectivity index (χ1v) is 12.1. The van der Waals surface area contributed by atoms with Crippen molar-refractivity contribution >= 4 is 38.9 Å². The molecule has 1 amide bonds. The number of anilines is 2. The Bertz CT molecular complexity index is 1090. The van der Waals surface area contributed by atoms with Crippen LogP contribution in [0.5, 0.6) is 0 Å². The van der Waals surface area contributed by atoms with Crippen LogP contribution in [0.2, 0.25) is 5.02 Å². The van der Waals surface area contributed by atoms with Gasteiger partial charge in [0.25, 0.3) is 0 Å². The van der Waals surface area contributed by atoms with Gasteiger partial charge in [0.15, 0.2) is 0 Å². The quantitative estimate of drug-likeness (QED) is 0.574. The number of hydrogen-bond donors (Lipinski definition) is 1. The van der Waals surface area contributed by atoms with Crippen molar-refractivity contribution in [2.45, 2.75) is 19.0 Å². The molecule has 174 valence electrons. The first kappa shape index (κ1) is 24.2. The molecule has 0 unspecified atom stereocenters. The first-order chi connectivity index (χ1) is 15.0. The Balaban J connectivity index is 1.61. The minimum atomic E-state index is -4.68. The second-order valence-corrected chi connectivity index (χ2v) is 9.82. The standard InChI is InChI=1S/C21H23ClF3N3O3S/c1-32(30,31)28(19-13-16(21(23,24)25)7-8-17(19)22)14-20(29)26-10-4-11-27-12-9-15-5-2-3-6-18(15)27/h2-3,5-8,13H,4,9-12,14H2,1H3,(H,26,29). The molecule has 6 nitrogen and oxygen atoms in total. The molecule has 0 fully saturated rings. The van der Waals surface area contributed by atoms with E-state index in [9.17, 15) is 26.4 Å². The fraction of sp³-hybridized carbons (Fsp3) is 0.381. The van der Waals surface area contributed by atoms with Gasteiger partial charge in [-0.25, -0.2) is 8.42 Å². The molecule has 0 spiro atoms. The number of benzene rings is 2. The van der Waals surface area contributed by atoms with E-state index in [0.29, 0.717) is 29.9 Å². The van der Waals surface area contributed by atoms with E-state index in [0.717, 1.165) is 31.4 Å². The fourth-order valence-corrected chi connectivity index (χ4v) is 4.71. The van der Waals surface area contributed by atoms with Gasteiger partial charge in [0.2, 0.25) is 15.9 Å². The lowest BCUT2D eigenvalue weighted by Crippen LogP contribution is -2.41. The molecular weight excluding hydrogens is 467 g/mol. The van der Waals surface area contributed by atoms with Crippen LogP contribution in [0.15, 0.2) is 42.5 Å². The Morgan fingerprint density at radius 2 is 1.94 bits per heavy atom. The minimum absolute atomic E-state index is 0.205. The number of nitrogens with one attached hydrogen (secondary N) is 1. The van der Waals surface area contributed by atoms with Crippen LogP contribution in [0.25, 0.3) is 0 Å². The SMILES string of the molecule is CS(=O)(=O)N(CC(=O)NCCCN1CCc2ccccc21)c1cc(C(F)(F)F)ccc1Cl. The van der Waals surface area contributed by atoms with E-state index in [4.69, 9.17) is 11.6 Å². The lowest BCUT2D eigenvalue weighted by molar-refractivity contribution is -0.137. The van der Waals surface area contributed by atoms with Crippen LogP contribution in [0.4, 0.5) is 24.5 Å². The summed E-state index contributed by atoms with van der Waals surface area (Å²) in [6.45, 7) is 1.23. The van der Waals surface area contributed by atoms with Crippen molar-refractivity contribution in [2.75, 3.05) is 41.6 Å². The van der Waals surface area contributed by atoms with E-state index in [1.54, 1.807) is 0 Å². The fourth-order valence-electron chi connectivity index (χ4n) is 3.58. The number of alkyl halides is 3. The maximum Gasteiger partial charge on any atom is 0.416 e. The summed E-state index contributed by atoms with van der Waals surface area (Å²) < 4.78 is 64.1. The maximum atomic E-state index is 13.1. The first-order valence-electron chi connectivity index (χ1n) is 9.91. The molecule has 1 aliphatic heterocycles. The molecule has 0 saturated heterocycles. The molecule has 0 radical (unpaired) electrons. The predicted molar refractivity (Wildman–Crippen MR) is 119 cm³/mol. The summed E-state index contributed by atoms with van der Waals surface area (Å²) in [6, 6.07) is 10.4. The summed E-state index contributed by atoms with van der Waals surface area (Å²) in [5, 5.41) is 2.43. The van der Waals surface area contributed by atoms with E-state index in [2.05, 4.69) is 16.3 Å². The predicted octanol–water partition coefficient (Wildman–Crippen LogP) is 3.69. The van der Waals surface area contributed by atoms with Crippen molar-refractivity contribution in [2.24, 2.45) is 0 Å². The third-order valence-corrected chi connectivity index (χ3v) is 6.59. The zero-order valence-corrected chi connectivity index (χ0v) is 18.9. The molecule has 0 atom stereocenters. The molecule has 32 heavy (non-hydrogen) atoms. The molecule has 3 rings (SSSR count). The normalized spacial score (nSPS) is 13.7. The van der Waals surface area contributed by atoms with Crippen LogP contribution in [-0.4, -0.2) is 46.8 Å². The van der Waals surface area contributed by atoms with Gasteiger partial charge in [-0.3, -0.25) is 9.10 Å². The number of carbonyl (C=O) groups excluding carboxylic acids is 1. The molecule has 0 saturated carbocycles. The smallest absolute Gasteiger partial charge is 0.371 e. The molecule has 1 aliphatic rings. The van der Waals surface area contributed by atoms with Gasteiger partial charge in [-0.05, 0) is 42.7 Å². The Kier molecular flexibility index (Phi) is 7.24. The number of hydrogen-bond acceptors (Lipinski definition) is 4. The summed E-state index contributed by atoms with van der Waals surface area (Å²) in [4.78, 5) is 14.6. The van der Waals surface area contributed by atoms with Gasteiger partial charge >= 0.3 is 6.18 Å². The number of rotatable bonds is 8. The van der Waals surface area contributed by atoms with Crippen LogP contribution in [0.1, 0.15) is 17.5 Å². The molecule has 1 heterocycles. The third kappa shape index (κ3) is 5.86. The molecule has 0 bridgehead atoms. The monoisotopic (exact) mass is 489 g/mol. The minimum Gasteiger partial charge on any atom is -0.371 e. The summed E-state index contributed by atoms with van der Waals surface area (Å²) in [7, 11) is -4.06. The Morgan fingerprint density at radius 3 is 2.62 bits per heavy atom. The third-order valence-electron chi connectivity index (χ3n) is 5.14. The van der Waals surface area contributed by atoms with Crippen molar-refractivity contribution in [1.82, 2.24) is 5.32 Å². The topological polar surface area (TPSA) is 69.7 Å². The number of sulfonamides is 1. The highest BCUT2D eigenvalue weighted by atomic mass is 35.5. The van der Waals surface area contributed by atoms with Gasteiger partial charge in [-0.15, -0.1) is 0 Å². The van der Waals surface area contributed by atoms with E-state index >= 15 is 0 Å². The summed E-state index contributed by atoms with van der Waals surface area (Å²) in [5.41, 5.74) is 0.990. The molecule has 0 aliphatic carbocycles. The molecule has 1 N–H and O–H groups in total. The number of halogens is 4. The van der Waals surface area contributed by atoms with Crippen molar-refractivity contribution < 1.29 is 26.4 Å². The van der Waals surface area contributed by atoms with E-state index in [-0.39, 0.29) is 5.02 Å².